The second kappa shape index (κ2) is 5.63. The SMILES string of the molecule is CONCC(=O)NNC(C)=O. The van der Waals surface area contributed by atoms with E-state index in [0.29, 0.717) is 0 Å². The van der Waals surface area contributed by atoms with E-state index in [1.54, 1.807) is 0 Å². The molecule has 6 nitrogen and oxygen atoms in total. The molecule has 0 aromatic carbocycles. The van der Waals surface area contributed by atoms with Gasteiger partial charge in [-0.25, -0.2) is 0 Å². The van der Waals surface area contributed by atoms with Crippen molar-refractivity contribution in [2.24, 2.45) is 0 Å². The summed E-state index contributed by atoms with van der Waals surface area (Å²) in [6.45, 7) is 1.29. The van der Waals surface area contributed by atoms with E-state index in [0.717, 1.165) is 0 Å². The van der Waals surface area contributed by atoms with E-state index in [-0.39, 0.29) is 18.4 Å². The highest BCUT2D eigenvalue weighted by atomic mass is 16.6. The second-order valence-electron chi connectivity index (χ2n) is 1.75. The molecule has 2 amide bonds. The van der Waals surface area contributed by atoms with Crippen LogP contribution in [0, 0.1) is 0 Å². The summed E-state index contributed by atoms with van der Waals surface area (Å²) >= 11 is 0. The van der Waals surface area contributed by atoms with Crippen LogP contribution in [0.3, 0.4) is 0 Å². The Morgan fingerprint density at radius 2 is 2.00 bits per heavy atom. The smallest absolute Gasteiger partial charge is 0.254 e. The number of nitrogens with one attached hydrogen (secondary N) is 3. The fourth-order valence-corrected chi connectivity index (χ4v) is 0.340. The average molecular weight is 161 g/mol. The standard InChI is InChI=1S/C5H11N3O3/c1-4(9)7-8-5(10)3-6-11-2/h6H,3H2,1-2H3,(H,7,9)(H,8,10). The fourth-order valence-electron chi connectivity index (χ4n) is 0.340. The number of hydroxylamine groups is 1. The van der Waals surface area contributed by atoms with Crippen LogP contribution in [0.2, 0.25) is 0 Å². The Morgan fingerprint density at radius 3 is 2.45 bits per heavy atom. The maximum absolute atomic E-state index is 10.6. The Labute approximate surface area is 64.2 Å². The second-order valence-corrected chi connectivity index (χ2v) is 1.75. The minimum atomic E-state index is -0.373. The molecular formula is C5H11N3O3. The maximum Gasteiger partial charge on any atom is 0.254 e. The van der Waals surface area contributed by atoms with E-state index in [1.807, 2.05) is 0 Å². The number of hydrazine groups is 1. The minimum absolute atomic E-state index is 0.00319. The van der Waals surface area contributed by atoms with Crippen LogP contribution in [-0.4, -0.2) is 25.5 Å². The number of carbonyl (C=O) groups excluding carboxylic acids is 2. The lowest BCUT2D eigenvalue weighted by Crippen LogP contribution is -2.44. The van der Waals surface area contributed by atoms with Crippen LogP contribution in [0.5, 0.6) is 0 Å². The quantitative estimate of drug-likeness (QED) is 0.431. The first-order valence-electron chi connectivity index (χ1n) is 2.98. The van der Waals surface area contributed by atoms with Crippen LogP contribution in [0.25, 0.3) is 0 Å². The summed E-state index contributed by atoms with van der Waals surface area (Å²) in [5, 5.41) is 0. The molecule has 0 aliphatic heterocycles. The van der Waals surface area contributed by atoms with Gasteiger partial charge in [0.05, 0.1) is 7.11 Å². The Kier molecular flexibility index (Phi) is 5.05. The molecule has 0 unspecified atom stereocenters. The van der Waals surface area contributed by atoms with Gasteiger partial charge in [0.25, 0.3) is 5.91 Å². The van der Waals surface area contributed by atoms with Crippen LogP contribution < -0.4 is 16.3 Å². The highest BCUT2D eigenvalue weighted by molar-refractivity contribution is 5.81. The van der Waals surface area contributed by atoms with Gasteiger partial charge in [-0.2, -0.15) is 5.48 Å². The Morgan fingerprint density at radius 1 is 1.36 bits per heavy atom. The number of rotatable bonds is 3. The van der Waals surface area contributed by atoms with E-state index in [9.17, 15) is 9.59 Å². The molecule has 64 valence electrons. The van der Waals surface area contributed by atoms with Crippen molar-refractivity contribution < 1.29 is 14.4 Å². The van der Waals surface area contributed by atoms with Gasteiger partial charge >= 0.3 is 0 Å². The summed E-state index contributed by atoms with van der Waals surface area (Å²) < 4.78 is 0. The van der Waals surface area contributed by atoms with Crippen molar-refractivity contribution >= 4 is 11.8 Å². The predicted molar refractivity (Wildman–Crippen MR) is 37.0 cm³/mol. The van der Waals surface area contributed by atoms with Crippen molar-refractivity contribution in [1.82, 2.24) is 16.3 Å². The lowest BCUT2D eigenvalue weighted by Gasteiger charge is -2.04. The molecule has 0 fully saturated rings. The molecule has 0 atom stereocenters. The van der Waals surface area contributed by atoms with Gasteiger partial charge in [-0.3, -0.25) is 20.4 Å². The normalized spacial score (nSPS) is 8.91. The first-order valence-corrected chi connectivity index (χ1v) is 2.98. The third kappa shape index (κ3) is 6.75. The van der Waals surface area contributed by atoms with Gasteiger partial charge < -0.3 is 4.84 Å². The van der Waals surface area contributed by atoms with Crippen LogP contribution >= 0.6 is 0 Å². The molecule has 0 aromatic heterocycles. The first-order chi connectivity index (χ1) is 5.16. The topological polar surface area (TPSA) is 79.5 Å². The van der Waals surface area contributed by atoms with E-state index in [2.05, 4.69) is 21.2 Å². The Bertz CT molecular complexity index is 148. The summed E-state index contributed by atoms with van der Waals surface area (Å²) in [5.41, 5.74) is 6.56. The average Bonchev–Trinajstić information content (AvgIpc) is 1.97. The monoisotopic (exact) mass is 161 g/mol. The van der Waals surface area contributed by atoms with Crippen molar-refractivity contribution in [2.75, 3.05) is 13.7 Å². The van der Waals surface area contributed by atoms with Crippen molar-refractivity contribution in [1.29, 1.82) is 0 Å². The van der Waals surface area contributed by atoms with E-state index >= 15 is 0 Å². The van der Waals surface area contributed by atoms with Crippen LogP contribution in [0.15, 0.2) is 0 Å². The molecule has 0 radical (unpaired) electrons. The summed E-state index contributed by atoms with van der Waals surface area (Å²) in [4.78, 5) is 25.3. The zero-order chi connectivity index (χ0) is 8.69. The first kappa shape index (κ1) is 9.86. The number of hydrogen-bond acceptors (Lipinski definition) is 4. The lowest BCUT2D eigenvalue weighted by atomic mass is 10.6. The van der Waals surface area contributed by atoms with Crippen LogP contribution in [-0.2, 0) is 14.4 Å². The molecule has 0 rings (SSSR count). The zero-order valence-corrected chi connectivity index (χ0v) is 6.43. The van der Waals surface area contributed by atoms with Gasteiger partial charge in [-0.15, -0.1) is 0 Å². The van der Waals surface area contributed by atoms with E-state index in [4.69, 9.17) is 0 Å². The number of hydrogen-bond donors (Lipinski definition) is 3. The fraction of sp³-hybridized carbons (Fsp3) is 0.600. The molecule has 0 aliphatic carbocycles. The van der Waals surface area contributed by atoms with Crippen molar-refractivity contribution in [3.8, 4) is 0 Å². The molecule has 0 saturated carbocycles. The Hall–Kier alpha value is -1.14. The van der Waals surface area contributed by atoms with Crippen LogP contribution in [0.1, 0.15) is 6.92 Å². The van der Waals surface area contributed by atoms with Crippen molar-refractivity contribution in [3.63, 3.8) is 0 Å². The molecule has 0 bridgehead atoms. The van der Waals surface area contributed by atoms with Gasteiger partial charge in [0, 0.05) is 6.92 Å². The molecule has 0 spiro atoms. The molecular weight excluding hydrogens is 150 g/mol. The summed E-state index contributed by atoms with van der Waals surface area (Å²) in [6, 6.07) is 0. The molecule has 11 heavy (non-hydrogen) atoms. The number of carbonyl (C=O) groups is 2. The van der Waals surface area contributed by atoms with Gasteiger partial charge in [0.2, 0.25) is 5.91 Å². The van der Waals surface area contributed by atoms with Crippen molar-refractivity contribution in [2.45, 2.75) is 6.92 Å². The van der Waals surface area contributed by atoms with E-state index < -0.39 is 0 Å². The van der Waals surface area contributed by atoms with Crippen LogP contribution in [0.4, 0.5) is 0 Å². The number of amides is 2. The minimum Gasteiger partial charge on any atom is -0.305 e. The summed E-state index contributed by atoms with van der Waals surface area (Å²) in [7, 11) is 1.39. The molecule has 6 heteroatoms. The molecule has 0 saturated heterocycles. The van der Waals surface area contributed by atoms with Gasteiger partial charge in [-0.05, 0) is 0 Å². The third-order valence-corrected chi connectivity index (χ3v) is 0.755. The highest BCUT2D eigenvalue weighted by Gasteiger charge is 1.98. The molecule has 3 N–H and O–H groups in total. The molecule has 0 heterocycles. The Balaban J connectivity index is 3.30. The highest BCUT2D eigenvalue weighted by Crippen LogP contribution is 1.61. The van der Waals surface area contributed by atoms with Gasteiger partial charge in [-0.1, -0.05) is 0 Å². The van der Waals surface area contributed by atoms with Gasteiger partial charge in [0.1, 0.15) is 6.54 Å². The predicted octanol–water partition coefficient (Wildman–Crippen LogP) is -1.70. The largest absolute Gasteiger partial charge is 0.305 e. The summed E-state index contributed by atoms with van der Waals surface area (Å²) in [5.74, 6) is -0.696. The summed E-state index contributed by atoms with van der Waals surface area (Å²) in [6.07, 6.45) is 0. The maximum atomic E-state index is 10.6. The molecule has 0 aliphatic rings. The lowest BCUT2D eigenvalue weighted by molar-refractivity contribution is -0.128. The molecule has 0 aromatic rings. The van der Waals surface area contributed by atoms with Gasteiger partial charge in [0.15, 0.2) is 0 Å². The van der Waals surface area contributed by atoms with Crippen molar-refractivity contribution in [3.05, 3.63) is 0 Å². The van der Waals surface area contributed by atoms with E-state index in [1.165, 1.54) is 14.0 Å². The third-order valence-electron chi connectivity index (χ3n) is 0.755. The zero-order valence-electron chi connectivity index (χ0n) is 6.43.